The number of likely N-dealkylation sites (tertiary alicyclic amines) is 1. The monoisotopic (exact) mass is 308 g/mol. The lowest BCUT2D eigenvalue weighted by Crippen LogP contribution is -2.30. The van der Waals surface area contributed by atoms with Crippen LogP contribution in [0.4, 0.5) is 0 Å². The fourth-order valence-electron chi connectivity index (χ4n) is 2.46. The van der Waals surface area contributed by atoms with Gasteiger partial charge in [-0.05, 0) is 19.4 Å². The third-order valence-electron chi connectivity index (χ3n) is 3.71. The van der Waals surface area contributed by atoms with Crippen LogP contribution in [0.2, 0.25) is 0 Å². The van der Waals surface area contributed by atoms with Crippen molar-refractivity contribution in [1.82, 2.24) is 20.2 Å². The van der Waals surface area contributed by atoms with Crippen LogP contribution in [0, 0.1) is 5.92 Å². The van der Waals surface area contributed by atoms with E-state index in [-0.39, 0.29) is 11.8 Å². The highest BCUT2D eigenvalue weighted by atomic mass is 32.2. The number of unbranched alkanes of at least 4 members (excludes halogenated alkanes) is 1. The summed E-state index contributed by atoms with van der Waals surface area (Å²) in [6, 6.07) is 0. The third-order valence-corrected chi connectivity index (χ3v) is 4.67. The molecular weight excluding hydrogens is 284 g/mol. The summed E-state index contributed by atoms with van der Waals surface area (Å²) < 4.78 is 0. The molecule has 1 saturated heterocycles. The van der Waals surface area contributed by atoms with Gasteiger partial charge in [0, 0.05) is 43.8 Å². The van der Waals surface area contributed by atoms with Crippen LogP contribution < -0.4 is 5.32 Å². The molecule has 6 heteroatoms. The van der Waals surface area contributed by atoms with Crippen LogP contribution in [0.3, 0.4) is 0 Å². The number of thioether (sulfide) groups is 1. The summed E-state index contributed by atoms with van der Waals surface area (Å²) in [5.74, 6) is 1.35. The molecule has 2 heterocycles. The summed E-state index contributed by atoms with van der Waals surface area (Å²) in [7, 11) is 1.70. The van der Waals surface area contributed by atoms with Crippen molar-refractivity contribution in [3.05, 3.63) is 18.0 Å². The van der Waals surface area contributed by atoms with E-state index < -0.39 is 0 Å². The number of rotatable bonds is 7. The Hall–Kier alpha value is -1.14. The second-order valence-corrected chi connectivity index (χ2v) is 6.47. The third kappa shape index (κ3) is 4.97. The Bertz CT molecular complexity index is 451. The molecule has 0 spiro atoms. The minimum Gasteiger partial charge on any atom is -0.359 e. The first kappa shape index (κ1) is 16.2. The predicted molar refractivity (Wildman–Crippen MR) is 85.1 cm³/mol. The summed E-state index contributed by atoms with van der Waals surface area (Å²) >= 11 is 1.71. The fraction of sp³-hybridized carbons (Fsp3) is 0.667. The van der Waals surface area contributed by atoms with Crippen LogP contribution in [0.5, 0.6) is 0 Å². The van der Waals surface area contributed by atoms with E-state index in [1.165, 1.54) is 12.8 Å². The quantitative estimate of drug-likeness (QED) is 0.474. The highest BCUT2D eigenvalue weighted by Gasteiger charge is 2.27. The average Bonchev–Trinajstić information content (AvgIpc) is 2.97. The van der Waals surface area contributed by atoms with Crippen molar-refractivity contribution in [1.29, 1.82) is 0 Å². The Morgan fingerprint density at radius 2 is 2.24 bits per heavy atom. The second-order valence-electron chi connectivity index (χ2n) is 5.41. The number of amides is 1. The molecule has 2 rings (SSSR count). The Balaban J connectivity index is 1.80. The van der Waals surface area contributed by atoms with Crippen LogP contribution in [0.1, 0.15) is 31.7 Å². The standard InChI is InChI=1S/C15H24N4OS/c1-3-4-7-21-15-17-8-12(9-18-15)10-19-6-5-13(11-19)14(20)16-2/h8-9,13H,3-7,10-11H2,1-2H3,(H,16,20). The zero-order chi connectivity index (χ0) is 15.1. The van der Waals surface area contributed by atoms with Crippen molar-refractivity contribution in [2.45, 2.75) is 37.9 Å². The van der Waals surface area contributed by atoms with Gasteiger partial charge in [-0.25, -0.2) is 9.97 Å². The molecule has 0 saturated carbocycles. The summed E-state index contributed by atoms with van der Waals surface area (Å²) in [5.41, 5.74) is 1.12. The molecule has 1 fully saturated rings. The van der Waals surface area contributed by atoms with E-state index in [1.54, 1.807) is 18.8 Å². The second kappa shape index (κ2) is 8.34. The lowest BCUT2D eigenvalue weighted by Gasteiger charge is -2.15. The maximum atomic E-state index is 11.6. The lowest BCUT2D eigenvalue weighted by molar-refractivity contribution is -0.124. The van der Waals surface area contributed by atoms with Crippen molar-refractivity contribution < 1.29 is 4.79 Å². The van der Waals surface area contributed by atoms with Gasteiger partial charge in [-0.1, -0.05) is 25.1 Å². The Morgan fingerprint density at radius 1 is 1.48 bits per heavy atom. The molecule has 1 N–H and O–H groups in total. The summed E-state index contributed by atoms with van der Waals surface area (Å²) in [6.45, 7) is 4.80. The zero-order valence-corrected chi connectivity index (χ0v) is 13.7. The van der Waals surface area contributed by atoms with Gasteiger partial charge in [-0.3, -0.25) is 9.69 Å². The molecule has 1 unspecified atom stereocenters. The minimum absolute atomic E-state index is 0.125. The van der Waals surface area contributed by atoms with Crippen LogP contribution in [0.25, 0.3) is 0 Å². The largest absolute Gasteiger partial charge is 0.359 e. The van der Waals surface area contributed by atoms with E-state index >= 15 is 0 Å². The lowest BCUT2D eigenvalue weighted by atomic mass is 10.1. The number of aromatic nitrogens is 2. The van der Waals surface area contributed by atoms with Crippen molar-refractivity contribution in [2.75, 3.05) is 25.9 Å². The minimum atomic E-state index is 0.125. The fourth-order valence-corrected chi connectivity index (χ4v) is 3.33. The van der Waals surface area contributed by atoms with E-state index in [0.29, 0.717) is 0 Å². The topological polar surface area (TPSA) is 58.1 Å². The van der Waals surface area contributed by atoms with Gasteiger partial charge in [-0.15, -0.1) is 0 Å². The molecule has 1 amide bonds. The number of nitrogens with zero attached hydrogens (tertiary/aromatic N) is 3. The summed E-state index contributed by atoms with van der Waals surface area (Å²) in [4.78, 5) is 22.7. The van der Waals surface area contributed by atoms with Gasteiger partial charge in [0.2, 0.25) is 5.91 Å². The molecule has 1 aromatic heterocycles. The van der Waals surface area contributed by atoms with Crippen LogP contribution >= 0.6 is 11.8 Å². The van der Waals surface area contributed by atoms with Gasteiger partial charge in [0.05, 0.1) is 5.92 Å². The van der Waals surface area contributed by atoms with E-state index in [9.17, 15) is 4.79 Å². The first-order valence-electron chi connectivity index (χ1n) is 7.60. The molecule has 116 valence electrons. The molecular formula is C15H24N4OS. The first-order valence-corrected chi connectivity index (χ1v) is 8.59. The number of hydrogen-bond acceptors (Lipinski definition) is 5. The summed E-state index contributed by atoms with van der Waals surface area (Å²) in [5, 5.41) is 3.59. The van der Waals surface area contributed by atoms with Crippen molar-refractivity contribution >= 4 is 17.7 Å². The van der Waals surface area contributed by atoms with Gasteiger partial charge in [0.1, 0.15) is 0 Å². The molecule has 0 aromatic carbocycles. The normalized spacial score (nSPS) is 18.9. The maximum Gasteiger partial charge on any atom is 0.224 e. The smallest absolute Gasteiger partial charge is 0.224 e. The van der Waals surface area contributed by atoms with Crippen LogP contribution in [-0.2, 0) is 11.3 Å². The van der Waals surface area contributed by atoms with Crippen molar-refractivity contribution in [3.8, 4) is 0 Å². The maximum absolute atomic E-state index is 11.6. The summed E-state index contributed by atoms with van der Waals surface area (Å²) in [6.07, 6.45) is 7.16. The van der Waals surface area contributed by atoms with E-state index in [2.05, 4.69) is 27.1 Å². The molecule has 0 radical (unpaired) electrons. The highest BCUT2D eigenvalue weighted by molar-refractivity contribution is 7.99. The molecule has 1 aliphatic rings. The van der Waals surface area contributed by atoms with Crippen molar-refractivity contribution in [3.63, 3.8) is 0 Å². The zero-order valence-electron chi connectivity index (χ0n) is 12.8. The van der Waals surface area contributed by atoms with Crippen molar-refractivity contribution in [2.24, 2.45) is 5.92 Å². The van der Waals surface area contributed by atoms with E-state index in [0.717, 1.165) is 42.5 Å². The van der Waals surface area contributed by atoms with Gasteiger partial charge >= 0.3 is 0 Å². The molecule has 0 aliphatic carbocycles. The Kier molecular flexibility index (Phi) is 6.45. The van der Waals surface area contributed by atoms with E-state index in [4.69, 9.17) is 0 Å². The molecule has 1 aliphatic heterocycles. The molecule has 21 heavy (non-hydrogen) atoms. The molecule has 1 atom stereocenters. The number of hydrogen-bond donors (Lipinski definition) is 1. The Labute approximate surface area is 130 Å². The molecule has 0 bridgehead atoms. The number of carbonyl (C=O) groups excluding carboxylic acids is 1. The van der Waals surface area contributed by atoms with Gasteiger partial charge in [0.15, 0.2) is 5.16 Å². The average molecular weight is 308 g/mol. The first-order chi connectivity index (χ1) is 10.2. The molecule has 5 nitrogen and oxygen atoms in total. The van der Waals surface area contributed by atoms with Gasteiger partial charge in [0.25, 0.3) is 0 Å². The number of nitrogens with one attached hydrogen (secondary N) is 1. The predicted octanol–water partition coefficient (Wildman–Crippen LogP) is 1.94. The molecule has 1 aromatic rings. The number of carbonyl (C=O) groups is 1. The Morgan fingerprint density at radius 3 is 2.90 bits per heavy atom. The van der Waals surface area contributed by atoms with E-state index in [1.807, 2.05) is 12.4 Å². The van der Waals surface area contributed by atoms with Crippen LogP contribution in [0.15, 0.2) is 17.6 Å². The SMILES string of the molecule is CCCCSc1ncc(CN2CCC(C(=O)NC)C2)cn1. The highest BCUT2D eigenvalue weighted by Crippen LogP contribution is 2.19. The van der Waals surface area contributed by atoms with Crippen LogP contribution in [-0.4, -0.2) is 46.7 Å². The van der Waals surface area contributed by atoms with Gasteiger partial charge < -0.3 is 5.32 Å². The van der Waals surface area contributed by atoms with Gasteiger partial charge in [-0.2, -0.15) is 0 Å².